The summed E-state index contributed by atoms with van der Waals surface area (Å²) >= 11 is 0. The van der Waals surface area contributed by atoms with Gasteiger partial charge in [0, 0.05) is 5.56 Å². The number of carbonyl (C=O) groups is 2. The molecule has 0 atom stereocenters. The zero-order chi connectivity index (χ0) is 27.8. The quantitative estimate of drug-likeness (QED) is 0.183. The van der Waals surface area contributed by atoms with Crippen LogP contribution in [0.5, 0.6) is 5.75 Å². The highest BCUT2D eigenvalue weighted by atomic mass is 19.4. The van der Waals surface area contributed by atoms with Crippen LogP contribution >= 0.6 is 0 Å². The molecule has 0 spiro atoms. The van der Waals surface area contributed by atoms with Gasteiger partial charge in [0.1, 0.15) is 37.1 Å². The number of aromatic nitrogens is 5. The van der Waals surface area contributed by atoms with Gasteiger partial charge in [0.25, 0.3) is 11.8 Å². The fraction of sp³-hybridized carbons (Fsp3) is 0.292. The van der Waals surface area contributed by atoms with Crippen LogP contribution in [0.2, 0.25) is 0 Å². The molecule has 15 heteroatoms. The zero-order valence-electron chi connectivity index (χ0n) is 20.3. The Morgan fingerprint density at radius 2 is 1.85 bits per heavy atom. The zero-order valence-corrected chi connectivity index (χ0v) is 20.3. The number of para-hydroxylation sites is 2. The summed E-state index contributed by atoms with van der Waals surface area (Å²) in [5, 5.41) is 12.3. The minimum atomic E-state index is -4.58. The number of hydrogen-bond donors (Lipinski definition) is 3. The molecule has 0 radical (unpaired) electrons. The summed E-state index contributed by atoms with van der Waals surface area (Å²) in [5.41, 5.74) is 1.69. The first kappa shape index (κ1) is 27.5. The van der Waals surface area contributed by atoms with Crippen LogP contribution in [0.15, 0.2) is 48.7 Å². The lowest BCUT2D eigenvalue weighted by molar-refractivity contribution is -0.123. The van der Waals surface area contributed by atoms with Crippen LogP contribution in [0.1, 0.15) is 26.7 Å². The van der Waals surface area contributed by atoms with Crippen molar-refractivity contribution in [2.24, 2.45) is 0 Å². The molecule has 0 unspecified atom stereocenters. The molecule has 3 N–H and O–H groups in total. The summed E-state index contributed by atoms with van der Waals surface area (Å²) in [7, 11) is 0. The van der Waals surface area contributed by atoms with Gasteiger partial charge >= 0.3 is 6.18 Å². The third-order valence-corrected chi connectivity index (χ3v) is 5.21. The molecule has 0 aliphatic heterocycles. The van der Waals surface area contributed by atoms with Crippen molar-refractivity contribution in [1.82, 2.24) is 35.6 Å². The number of benzene rings is 2. The maximum Gasteiger partial charge on any atom is 0.405 e. The van der Waals surface area contributed by atoms with Gasteiger partial charge in [-0.3, -0.25) is 9.59 Å². The van der Waals surface area contributed by atoms with Gasteiger partial charge in [0.2, 0.25) is 0 Å². The van der Waals surface area contributed by atoms with Crippen LogP contribution in [0.4, 0.5) is 17.6 Å². The number of carbonyl (C=O) groups excluding carboxylic acids is 2. The lowest BCUT2D eigenvalue weighted by Crippen LogP contribution is -2.33. The molecule has 2 amide bonds. The number of ether oxygens (including phenoxy) is 2. The lowest BCUT2D eigenvalue weighted by atomic mass is 10.1. The van der Waals surface area contributed by atoms with E-state index in [0.29, 0.717) is 5.82 Å². The molecule has 4 aromatic rings. The van der Waals surface area contributed by atoms with Crippen LogP contribution in [0.25, 0.3) is 16.7 Å². The van der Waals surface area contributed by atoms with E-state index >= 15 is 0 Å². The number of fused-ring (bicyclic) bond motifs is 1. The molecule has 2 aromatic heterocycles. The van der Waals surface area contributed by atoms with Gasteiger partial charge in [-0.25, -0.2) is 14.1 Å². The molecule has 11 nitrogen and oxygen atoms in total. The van der Waals surface area contributed by atoms with Crippen molar-refractivity contribution in [2.75, 3.05) is 33.0 Å². The van der Waals surface area contributed by atoms with E-state index in [1.807, 2.05) is 24.3 Å². The van der Waals surface area contributed by atoms with Crippen LogP contribution in [-0.2, 0) is 11.3 Å². The van der Waals surface area contributed by atoms with Gasteiger partial charge in [-0.15, -0.1) is 5.10 Å². The summed E-state index contributed by atoms with van der Waals surface area (Å²) in [6.45, 7) is -2.25. The van der Waals surface area contributed by atoms with Crippen LogP contribution in [0, 0.1) is 0 Å². The average Bonchev–Trinajstić information content (AvgIpc) is 3.57. The number of hydrogen-bond acceptors (Lipinski definition) is 7. The van der Waals surface area contributed by atoms with Crippen molar-refractivity contribution in [2.45, 2.75) is 12.7 Å². The third kappa shape index (κ3) is 7.50. The molecule has 0 aliphatic rings. The van der Waals surface area contributed by atoms with Crippen LogP contribution < -0.4 is 15.4 Å². The van der Waals surface area contributed by atoms with Gasteiger partial charge in [-0.05, 0) is 30.3 Å². The molecule has 0 saturated carbocycles. The Morgan fingerprint density at radius 3 is 2.62 bits per heavy atom. The van der Waals surface area contributed by atoms with Gasteiger partial charge in [-0.2, -0.15) is 13.2 Å². The smallest absolute Gasteiger partial charge is 0.405 e. The Bertz CT molecular complexity index is 1400. The molecule has 0 fully saturated rings. The Hall–Kier alpha value is -4.53. The molecule has 2 heterocycles. The number of amides is 2. The monoisotopic (exact) mass is 549 g/mol. The van der Waals surface area contributed by atoms with E-state index in [0.717, 1.165) is 11.0 Å². The van der Waals surface area contributed by atoms with E-state index in [9.17, 15) is 27.2 Å². The fourth-order valence-corrected chi connectivity index (χ4v) is 3.44. The lowest BCUT2D eigenvalue weighted by Gasteiger charge is -2.14. The first-order valence-corrected chi connectivity index (χ1v) is 11.6. The number of halogens is 4. The molecule has 4 rings (SSSR count). The van der Waals surface area contributed by atoms with E-state index in [1.165, 1.54) is 29.1 Å². The number of alkyl halides is 4. The number of nitrogens with zero attached hydrogens (tertiary/aromatic N) is 4. The maximum atomic E-state index is 12.6. The van der Waals surface area contributed by atoms with Crippen molar-refractivity contribution in [3.8, 4) is 11.4 Å². The molecule has 39 heavy (non-hydrogen) atoms. The van der Waals surface area contributed by atoms with Gasteiger partial charge < -0.3 is 25.1 Å². The van der Waals surface area contributed by atoms with E-state index in [2.05, 4.69) is 25.6 Å². The molecule has 2 aromatic carbocycles. The minimum absolute atomic E-state index is 0.0145. The highest BCUT2D eigenvalue weighted by Crippen LogP contribution is 2.25. The summed E-state index contributed by atoms with van der Waals surface area (Å²) in [4.78, 5) is 32.3. The Balaban J connectivity index is 1.47. The summed E-state index contributed by atoms with van der Waals surface area (Å²) in [6.07, 6.45) is -3.26. The Kier molecular flexibility index (Phi) is 8.70. The van der Waals surface area contributed by atoms with E-state index in [4.69, 9.17) is 9.47 Å². The Morgan fingerprint density at radius 1 is 1.03 bits per heavy atom. The number of aromatic amines is 1. The largest absolute Gasteiger partial charge is 0.489 e. The van der Waals surface area contributed by atoms with E-state index in [1.54, 1.807) is 5.32 Å². The number of nitrogens with one attached hydrogen (secondary N) is 3. The first-order valence-electron chi connectivity index (χ1n) is 11.6. The first-order chi connectivity index (χ1) is 18.7. The number of imidazole rings is 1. The topological polar surface area (TPSA) is 136 Å². The summed E-state index contributed by atoms with van der Waals surface area (Å²) < 4.78 is 61.6. The number of rotatable bonds is 12. The van der Waals surface area contributed by atoms with Crippen molar-refractivity contribution < 1.29 is 36.6 Å². The second-order valence-electron chi connectivity index (χ2n) is 8.06. The fourth-order valence-electron chi connectivity index (χ4n) is 3.44. The van der Waals surface area contributed by atoms with Crippen molar-refractivity contribution in [3.63, 3.8) is 0 Å². The van der Waals surface area contributed by atoms with Crippen molar-refractivity contribution >= 4 is 22.8 Å². The second kappa shape index (κ2) is 12.3. The van der Waals surface area contributed by atoms with Crippen molar-refractivity contribution in [1.29, 1.82) is 0 Å². The summed E-state index contributed by atoms with van der Waals surface area (Å²) in [5.74, 6) is -0.909. The molecule has 0 saturated heterocycles. The average molecular weight is 549 g/mol. The van der Waals surface area contributed by atoms with E-state index in [-0.39, 0.29) is 49.1 Å². The Labute approximate surface area is 218 Å². The number of H-pyrrole nitrogens is 1. The molecule has 0 aliphatic carbocycles. The van der Waals surface area contributed by atoms with Crippen LogP contribution in [-0.4, -0.2) is 76.0 Å². The molecule has 206 valence electrons. The highest BCUT2D eigenvalue weighted by Gasteiger charge is 2.28. The van der Waals surface area contributed by atoms with E-state index < -0.39 is 31.2 Å². The second-order valence-corrected chi connectivity index (χ2v) is 8.06. The normalized spacial score (nSPS) is 11.5. The molecular weight excluding hydrogens is 526 g/mol. The summed E-state index contributed by atoms with van der Waals surface area (Å²) in [6, 6.07) is 11.3. The molecular formula is C24H23F4N7O4. The van der Waals surface area contributed by atoms with Crippen LogP contribution in [0.3, 0.4) is 0 Å². The minimum Gasteiger partial charge on any atom is -0.489 e. The third-order valence-electron chi connectivity index (χ3n) is 5.21. The van der Waals surface area contributed by atoms with Gasteiger partial charge in [0.15, 0.2) is 5.69 Å². The van der Waals surface area contributed by atoms with Crippen molar-refractivity contribution in [3.05, 3.63) is 65.7 Å². The van der Waals surface area contributed by atoms with Gasteiger partial charge in [-0.1, -0.05) is 17.3 Å². The standard InChI is InChI=1S/C24H23F4N7O4/c25-7-8-38-9-10-39-20-11-15(22(36)30-14-24(26,27)28)5-6-19(20)35-13-18(33-34-35)23(37)29-12-21-31-16-3-1-2-4-17(16)32-21/h1-6,11,13H,7-10,12,14H2,(H,29,37)(H,30,36)(H,31,32). The SMILES string of the molecule is O=C(NCC(F)(F)F)c1ccc(-n2cc(C(=O)NCc3nc4ccccc4[nH]3)nn2)c(OCCOCCF)c1. The maximum absolute atomic E-state index is 12.6. The predicted octanol–water partition coefficient (Wildman–Crippen LogP) is 2.73. The molecule has 0 bridgehead atoms. The highest BCUT2D eigenvalue weighted by molar-refractivity contribution is 5.95. The van der Waals surface area contributed by atoms with Gasteiger partial charge in [0.05, 0.1) is 37.0 Å². The predicted molar refractivity (Wildman–Crippen MR) is 129 cm³/mol.